The molecule has 1 spiro atoms. The number of rotatable bonds is 0. The van der Waals surface area contributed by atoms with Gasteiger partial charge in [0.15, 0.2) is 0 Å². The van der Waals surface area contributed by atoms with Gasteiger partial charge in [0.2, 0.25) is 0 Å². The Hall–Kier alpha value is -0.340. The molecule has 1 N–H and O–H groups in total. The third kappa shape index (κ3) is 1.54. The molecule has 7 atom stereocenters. The number of aliphatic hydroxyl groups excluding tert-OH is 1. The van der Waals surface area contributed by atoms with E-state index in [9.17, 15) is 5.11 Å². The van der Waals surface area contributed by atoms with E-state index in [4.69, 9.17) is 4.74 Å². The molecule has 1 aliphatic heterocycles. The van der Waals surface area contributed by atoms with Gasteiger partial charge in [0.25, 0.3) is 0 Å². The minimum atomic E-state index is -0.0839. The van der Waals surface area contributed by atoms with Crippen LogP contribution in [-0.4, -0.2) is 23.4 Å². The van der Waals surface area contributed by atoms with Gasteiger partial charge < -0.3 is 9.84 Å². The van der Waals surface area contributed by atoms with Crippen molar-refractivity contribution in [2.45, 2.75) is 76.9 Å². The van der Waals surface area contributed by atoms with Gasteiger partial charge in [-0.05, 0) is 74.5 Å². The predicted molar refractivity (Wildman–Crippen MR) is 86.4 cm³/mol. The summed E-state index contributed by atoms with van der Waals surface area (Å²) < 4.78 is 6.01. The molecule has 1 saturated heterocycles. The predicted octanol–water partition coefficient (Wildman–Crippen LogP) is 4.08. The van der Waals surface area contributed by atoms with E-state index in [2.05, 4.69) is 19.9 Å². The lowest BCUT2D eigenvalue weighted by molar-refractivity contribution is -0.0556. The summed E-state index contributed by atoms with van der Waals surface area (Å²) in [5.41, 5.74) is 2.69. The van der Waals surface area contributed by atoms with Crippen molar-refractivity contribution in [3.8, 4) is 0 Å². The average molecular weight is 302 g/mol. The second-order valence-electron chi connectivity index (χ2n) is 9.43. The highest BCUT2D eigenvalue weighted by molar-refractivity contribution is 5.27. The van der Waals surface area contributed by atoms with E-state index in [0.29, 0.717) is 10.8 Å². The van der Waals surface area contributed by atoms with E-state index >= 15 is 0 Å². The largest absolute Gasteiger partial charge is 0.393 e. The first-order chi connectivity index (χ1) is 10.5. The molecule has 5 rings (SSSR count). The molecular formula is C20H30O2. The van der Waals surface area contributed by atoms with Crippen molar-refractivity contribution in [3.63, 3.8) is 0 Å². The van der Waals surface area contributed by atoms with E-state index in [1.54, 1.807) is 5.57 Å². The van der Waals surface area contributed by atoms with Gasteiger partial charge in [-0.25, -0.2) is 0 Å². The fourth-order valence-electron chi connectivity index (χ4n) is 7.30. The molecule has 0 aromatic heterocycles. The van der Waals surface area contributed by atoms with E-state index in [-0.39, 0.29) is 11.7 Å². The molecule has 0 bridgehead atoms. The highest BCUT2D eigenvalue weighted by atomic mass is 16.6. The number of allylic oxidation sites excluding steroid dienone is 1. The van der Waals surface area contributed by atoms with Crippen LogP contribution in [0.25, 0.3) is 0 Å². The lowest BCUT2D eigenvalue weighted by Crippen LogP contribution is -2.51. The lowest BCUT2D eigenvalue weighted by Gasteiger charge is -2.57. The fraction of sp³-hybridized carbons (Fsp3) is 0.900. The third-order valence-electron chi connectivity index (χ3n) is 8.86. The minimum Gasteiger partial charge on any atom is -0.393 e. The number of ether oxygens (including phenoxy) is 1. The van der Waals surface area contributed by atoms with Gasteiger partial charge in [-0.2, -0.15) is 0 Å². The highest BCUT2D eigenvalue weighted by Crippen LogP contribution is 2.70. The van der Waals surface area contributed by atoms with Crippen LogP contribution in [0.4, 0.5) is 0 Å². The van der Waals surface area contributed by atoms with Crippen LogP contribution in [0, 0.1) is 28.6 Å². The van der Waals surface area contributed by atoms with Crippen LogP contribution in [0.3, 0.4) is 0 Å². The Bertz CT molecular complexity index is 534. The number of hydrogen-bond acceptors (Lipinski definition) is 2. The molecule has 4 aliphatic carbocycles. The fourth-order valence-corrected chi connectivity index (χ4v) is 7.30. The molecular weight excluding hydrogens is 272 g/mol. The zero-order chi connectivity index (χ0) is 15.2. The summed E-state index contributed by atoms with van der Waals surface area (Å²) in [6, 6.07) is 0. The maximum absolute atomic E-state index is 10.1. The molecule has 2 heteroatoms. The van der Waals surface area contributed by atoms with Gasteiger partial charge in [0.05, 0.1) is 18.3 Å². The van der Waals surface area contributed by atoms with E-state index in [0.717, 1.165) is 37.2 Å². The molecule has 22 heavy (non-hydrogen) atoms. The average Bonchev–Trinajstić information content (AvgIpc) is 3.22. The molecule has 2 nitrogen and oxygen atoms in total. The van der Waals surface area contributed by atoms with Gasteiger partial charge in [-0.3, -0.25) is 0 Å². The first-order valence-corrected chi connectivity index (χ1v) is 9.50. The molecule has 6 unspecified atom stereocenters. The van der Waals surface area contributed by atoms with E-state index < -0.39 is 0 Å². The van der Waals surface area contributed by atoms with Crippen LogP contribution in [0.1, 0.15) is 65.2 Å². The zero-order valence-corrected chi connectivity index (χ0v) is 14.1. The summed E-state index contributed by atoms with van der Waals surface area (Å²) in [5.74, 6) is 2.59. The molecule has 0 aromatic carbocycles. The van der Waals surface area contributed by atoms with Crippen molar-refractivity contribution < 1.29 is 9.84 Å². The maximum Gasteiger partial charge on any atom is 0.0972 e. The quantitative estimate of drug-likeness (QED) is 0.540. The van der Waals surface area contributed by atoms with E-state index in [1.165, 1.54) is 38.5 Å². The normalized spacial score (nSPS) is 59.5. The van der Waals surface area contributed by atoms with Crippen molar-refractivity contribution in [3.05, 3.63) is 11.6 Å². The summed E-state index contributed by atoms with van der Waals surface area (Å²) in [6.45, 7) is 6.09. The standard InChI is InChI=1S/C20H30O2/c1-18-8-5-14(21)11-13(18)3-4-15-16(18)6-9-19(2)17(15)7-10-20(19)12-22-20/h3,14-17,21H,4-12H2,1-2H3/t14?,15?,16?,17?,18?,19?,20-/m1/s1. The second kappa shape index (κ2) is 4.19. The van der Waals surface area contributed by atoms with Gasteiger partial charge in [-0.15, -0.1) is 0 Å². The maximum atomic E-state index is 10.1. The Morgan fingerprint density at radius 3 is 2.64 bits per heavy atom. The number of hydrogen-bond donors (Lipinski definition) is 1. The molecule has 122 valence electrons. The Labute approximate surface area is 134 Å². The second-order valence-corrected chi connectivity index (χ2v) is 9.43. The monoisotopic (exact) mass is 302 g/mol. The van der Waals surface area contributed by atoms with Crippen molar-refractivity contribution in [1.82, 2.24) is 0 Å². The highest BCUT2D eigenvalue weighted by Gasteiger charge is 2.69. The topological polar surface area (TPSA) is 32.8 Å². The molecule has 5 aliphatic rings. The summed E-state index contributed by atoms with van der Waals surface area (Å²) in [7, 11) is 0. The van der Waals surface area contributed by atoms with E-state index in [1.807, 2.05) is 0 Å². The molecule has 3 saturated carbocycles. The Morgan fingerprint density at radius 1 is 1.09 bits per heavy atom. The number of fused-ring (bicyclic) bond motifs is 6. The Morgan fingerprint density at radius 2 is 1.86 bits per heavy atom. The van der Waals surface area contributed by atoms with Crippen LogP contribution in [0.2, 0.25) is 0 Å². The third-order valence-corrected chi connectivity index (χ3v) is 8.86. The first-order valence-electron chi connectivity index (χ1n) is 9.50. The molecule has 1 heterocycles. The van der Waals surface area contributed by atoms with Gasteiger partial charge >= 0.3 is 0 Å². The zero-order valence-electron chi connectivity index (χ0n) is 14.1. The molecule has 0 aromatic rings. The van der Waals surface area contributed by atoms with Crippen molar-refractivity contribution in [2.75, 3.05) is 6.61 Å². The van der Waals surface area contributed by atoms with Crippen LogP contribution < -0.4 is 0 Å². The summed E-state index contributed by atoms with van der Waals surface area (Å²) in [6.07, 6.45) is 12.3. The number of epoxide rings is 1. The van der Waals surface area contributed by atoms with Crippen LogP contribution in [-0.2, 0) is 4.74 Å². The minimum absolute atomic E-state index is 0.0839. The number of aliphatic hydroxyl groups is 1. The summed E-state index contributed by atoms with van der Waals surface area (Å²) >= 11 is 0. The van der Waals surface area contributed by atoms with Crippen molar-refractivity contribution >= 4 is 0 Å². The van der Waals surface area contributed by atoms with Gasteiger partial charge in [0.1, 0.15) is 0 Å². The van der Waals surface area contributed by atoms with Crippen molar-refractivity contribution in [2.24, 2.45) is 28.6 Å². The SMILES string of the molecule is CC12CCC(O)CC1=CCC1C2CCC2(C)C1CC[C@@]21CO1. The van der Waals surface area contributed by atoms with Crippen molar-refractivity contribution in [1.29, 1.82) is 0 Å². The Kier molecular flexibility index (Phi) is 2.67. The molecule has 0 amide bonds. The smallest absolute Gasteiger partial charge is 0.0972 e. The van der Waals surface area contributed by atoms with Gasteiger partial charge in [0, 0.05) is 5.41 Å². The lowest BCUT2D eigenvalue weighted by atomic mass is 9.47. The van der Waals surface area contributed by atoms with Crippen LogP contribution in [0.15, 0.2) is 11.6 Å². The summed E-state index contributed by atoms with van der Waals surface area (Å²) in [5, 5.41) is 10.1. The van der Waals surface area contributed by atoms with Gasteiger partial charge in [-0.1, -0.05) is 25.5 Å². The van der Waals surface area contributed by atoms with Crippen LogP contribution >= 0.6 is 0 Å². The van der Waals surface area contributed by atoms with Crippen LogP contribution in [0.5, 0.6) is 0 Å². The first kappa shape index (κ1) is 14.0. The summed E-state index contributed by atoms with van der Waals surface area (Å²) in [4.78, 5) is 0. The Balaban J connectivity index is 1.51. The molecule has 4 fully saturated rings. The molecule has 0 radical (unpaired) electrons.